The van der Waals surface area contributed by atoms with Crippen LogP contribution in [0.3, 0.4) is 0 Å². The van der Waals surface area contributed by atoms with Crippen LogP contribution in [0.15, 0.2) is 46.9 Å². The van der Waals surface area contributed by atoms with Gasteiger partial charge in [-0.05, 0) is 54.2 Å². The second-order valence-corrected chi connectivity index (χ2v) is 8.41. The number of anilines is 1. The molecule has 1 aliphatic carbocycles. The van der Waals surface area contributed by atoms with Crippen LogP contribution in [0.4, 0.5) is 6.01 Å². The number of amides is 1. The molecule has 170 valence electrons. The van der Waals surface area contributed by atoms with E-state index in [4.69, 9.17) is 37.5 Å². The van der Waals surface area contributed by atoms with Gasteiger partial charge in [0.1, 0.15) is 5.75 Å². The van der Waals surface area contributed by atoms with Crippen molar-refractivity contribution in [3.8, 4) is 11.8 Å². The number of aromatic nitrogens is 2. The van der Waals surface area contributed by atoms with Crippen LogP contribution < -0.4 is 16.2 Å². The lowest BCUT2D eigenvalue weighted by Gasteiger charge is -2.33. The van der Waals surface area contributed by atoms with Crippen LogP contribution in [0.25, 0.3) is 0 Å². The van der Waals surface area contributed by atoms with Crippen molar-refractivity contribution in [1.29, 1.82) is 5.26 Å². The Bertz CT molecular complexity index is 1170. The Labute approximate surface area is 195 Å². The molecule has 2 aromatic carbocycles. The molecule has 1 aromatic heterocycles. The average molecular weight is 467 g/mol. The molecule has 1 aliphatic rings. The summed E-state index contributed by atoms with van der Waals surface area (Å²) in [5, 5.41) is 16.9. The highest BCUT2D eigenvalue weighted by Crippen LogP contribution is 2.38. The Balaban J connectivity index is 1.46. The molecular formula is C23H23ClN6O3. The SMILES string of the molecule is N#Cc1ccc(CN(Cc2nnc(N)o2)C(=O)COc2cc(C3CC(N)C3)ccc2Cl)cc1. The summed E-state index contributed by atoms with van der Waals surface area (Å²) in [6, 6.07) is 14.8. The second kappa shape index (κ2) is 9.90. The fraction of sp³-hybridized carbons (Fsp3) is 0.304. The summed E-state index contributed by atoms with van der Waals surface area (Å²) in [7, 11) is 0. The Kier molecular flexibility index (Phi) is 6.77. The topological polar surface area (TPSA) is 144 Å². The lowest BCUT2D eigenvalue weighted by Crippen LogP contribution is -2.35. The molecule has 3 aromatic rings. The van der Waals surface area contributed by atoms with E-state index in [-0.39, 0.29) is 43.6 Å². The summed E-state index contributed by atoms with van der Waals surface area (Å²) in [6.07, 6.45) is 1.84. The molecule has 0 bridgehead atoms. The van der Waals surface area contributed by atoms with Gasteiger partial charge >= 0.3 is 6.01 Å². The van der Waals surface area contributed by atoms with Crippen molar-refractivity contribution >= 4 is 23.5 Å². The van der Waals surface area contributed by atoms with Gasteiger partial charge in [0.15, 0.2) is 6.61 Å². The first kappa shape index (κ1) is 22.6. The highest BCUT2D eigenvalue weighted by molar-refractivity contribution is 6.32. The first-order valence-electron chi connectivity index (χ1n) is 10.4. The first-order chi connectivity index (χ1) is 15.9. The second-order valence-electron chi connectivity index (χ2n) is 8.00. The molecule has 33 heavy (non-hydrogen) atoms. The standard InChI is InChI=1S/C23H23ClN6O3/c24-19-6-5-16(17-7-18(26)8-17)9-20(19)32-13-22(31)30(12-21-28-29-23(27)33-21)11-15-3-1-14(10-25)2-4-15/h1-6,9,17-18H,7-8,11-13,26H2,(H2,27,29). The summed E-state index contributed by atoms with van der Waals surface area (Å²) >= 11 is 6.30. The molecule has 0 radical (unpaired) electrons. The van der Waals surface area contributed by atoms with E-state index >= 15 is 0 Å². The molecule has 10 heteroatoms. The zero-order valence-electron chi connectivity index (χ0n) is 17.8. The third kappa shape index (κ3) is 5.61. The number of benzene rings is 2. The number of nitrogens with zero attached hydrogens (tertiary/aromatic N) is 4. The number of nitrogen functional groups attached to an aromatic ring is 1. The van der Waals surface area contributed by atoms with Crippen LogP contribution in [-0.4, -0.2) is 33.7 Å². The van der Waals surface area contributed by atoms with Crippen LogP contribution in [0, 0.1) is 11.3 Å². The van der Waals surface area contributed by atoms with Gasteiger partial charge in [-0.2, -0.15) is 5.26 Å². The highest BCUT2D eigenvalue weighted by Gasteiger charge is 2.28. The normalized spacial score (nSPS) is 17.1. The summed E-state index contributed by atoms with van der Waals surface area (Å²) < 4.78 is 11.0. The molecule has 1 fully saturated rings. The number of hydrogen-bond acceptors (Lipinski definition) is 8. The van der Waals surface area contributed by atoms with Crippen LogP contribution in [0.5, 0.6) is 5.75 Å². The lowest BCUT2D eigenvalue weighted by atomic mass is 9.76. The maximum Gasteiger partial charge on any atom is 0.312 e. The van der Waals surface area contributed by atoms with Crippen LogP contribution in [-0.2, 0) is 17.9 Å². The van der Waals surface area contributed by atoms with Gasteiger partial charge in [0.05, 0.1) is 23.2 Å². The maximum absolute atomic E-state index is 13.1. The lowest BCUT2D eigenvalue weighted by molar-refractivity contribution is -0.135. The van der Waals surface area contributed by atoms with Gasteiger partial charge in [0.25, 0.3) is 5.91 Å². The number of halogens is 1. The largest absolute Gasteiger partial charge is 0.482 e. The molecule has 4 N–H and O–H groups in total. The minimum absolute atomic E-state index is 0.0557. The van der Waals surface area contributed by atoms with Crippen molar-refractivity contribution in [2.24, 2.45) is 5.73 Å². The third-order valence-electron chi connectivity index (χ3n) is 5.57. The molecule has 0 aliphatic heterocycles. The molecule has 1 heterocycles. The third-order valence-corrected chi connectivity index (χ3v) is 5.88. The Morgan fingerprint density at radius 2 is 1.97 bits per heavy atom. The Morgan fingerprint density at radius 1 is 1.21 bits per heavy atom. The molecule has 1 saturated carbocycles. The average Bonchev–Trinajstić information content (AvgIpc) is 3.21. The predicted molar refractivity (Wildman–Crippen MR) is 121 cm³/mol. The van der Waals surface area contributed by atoms with Crippen molar-refractivity contribution in [3.05, 3.63) is 70.1 Å². The van der Waals surface area contributed by atoms with E-state index in [0.29, 0.717) is 22.3 Å². The van der Waals surface area contributed by atoms with Crippen molar-refractivity contribution in [3.63, 3.8) is 0 Å². The van der Waals surface area contributed by atoms with Gasteiger partial charge in [0.2, 0.25) is 5.89 Å². The number of nitriles is 1. The van der Waals surface area contributed by atoms with E-state index in [1.54, 1.807) is 30.3 Å². The highest BCUT2D eigenvalue weighted by atomic mass is 35.5. The smallest absolute Gasteiger partial charge is 0.312 e. The minimum Gasteiger partial charge on any atom is -0.482 e. The van der Waals surface area contributed by atoms with Crippen molar-refractivity contribution in [2.75, 3.05) is 12.3 Å². The molecule has 0 saturated heterocycles. The number of nitrogens with two attached hydrogens (primary N) is 2. The molecular weight excluding hydrogens is 444 g/mol. The van der Waals surface area contributed by atoms with Crippen molar-refractivity contribution in [1.82, 2.24) is 15.1 Å². The van der Waals surface area contributed by atoms with Crippen molar-refractivity contribution < 1.29 is 13.9 Å². The number of ether oxygens (including phenoxy) is 1. The Morgan fingerprint density at radius 3 is 2.61 bits per heavy atom. The molecule has 0 spiro atoms. The fourth-order valence-corrected chi connectivity index (χ4v) is 3.85. The van der Waals surface area contributed by atoms with Crippen LogP contribution in [0.1, 0.15) is 41.3 Å². The van der Waals surface area contributed by atoms with E-state index in [1.165, 1.54) is 4.90 Å². The van der Waals surface area contributed by atoms with E-state index in [1.807, 2.05) is 12.1 Å². The molecule has 0 atom stereocenters. The predicted octanol–water partition coefficient (Wildman–Crippen LogP) is 2.99. The summed E-state index contributed by atoms with van der Waals surface area (Å²) in [6.45, 7) is 0.0807. The molecule has 9 nitrogen and oxygen atoms in total. The van der Waals surface area contributed by atoms with Gasteiger partial charge in [-0.1, -0.05) is 34.9 Å². The molecule has 4 rings (SSSR count). The first-order valence-corrected chi connectivity index (χ1v) is 10.8. The summed E-state index contributed by atoms with van der Waals surface area (Å²) in [5.41, 5.74) is 13.9. The molecule has 0 unspecified atom stereocenters. The van der Waals surface area contributed by atoms with Crippen molar-refractivity contribution in [2.45, 2.75) is 37.9 Å². The van der Waals surface area contributed by atoms with Gasteiger partial charge in [0, 0.05) is 12.6 Å². The van der Waals surface area contributed by atoms with E-state index in [2.05, 4.69) is 16.3 Å². The summed E-state index contributed by atoms with van der Waals surface area (Å²) in [5.74, 6) is 0.730. The zero-order chi connectivity index (χ0) is 23.4. The number of hydrogen-bond donors (Lipinski definition) is 2. The van der Waals surface area contributed by atoms with Gasteiger partial charge in [-0.3, -0.25) is 4.79 Å². The summed E-state index contributed by atoms with van der Waals surface area (Å²) in [4.78, 5) is 14.6. The van der Waals surface area contributed by atoms with Gasteiger partial charge in [-0.15, -0.1) is 5.10 Å². The number of carbonyl (C=O) groups is 1. The monoisotopic (exact) mass is 466 g/mol. The number of carbonyl (C=O) groups excluding carboxylic acids is 1. The van der Waals surface area contributed by atoms with E-state index < -0.39 is 0 Å². The van der Waals surface area contributed by atoms with Gasteiger partial charge in [-0.25, -0.2) is 0 Å². The van der Waals surface area contributed by atoms with E-state index in [0.717, 1.165) is 24.0 Å². The van der Waals surface area contributed by atoms with Gasteiger partial charge < -0.3 is 25.5 Å². The zero-order valence-corrected chi connectivity index (χ0v) is 18.5. The quantitative estimate of drug-likeness (QED) is 0.515. The minimum atomic E-state index is -0.303. The fourth-order valence-electron chi connectivity index (χ4n) is 3.68. The Hall–Kier alpha value is -3.61. The van der Waals surface area contributed by atoms with Crippen LogP contribution >= 0.6 is 11.6 Å². The van der Waals surface area contributed by atoms with E-state index in [9.17, 15) is 4.79 Å². The van der Waals surface area contributed by atoms with Crippen LogP contribution in [0.2, 0.25) is 5.02 Å². The number of rotatable bonds is 8. The maximum atomic E-state index is 13.1. The molecule has 1 amide bonds.